The van der Waals surface area contributed by atoms with Crippen LogP contribution in [-0.4, -0.2) is 23.3 Å². The summed E-state index contributed by atoms with van der Waals surface area (Å²) < 4.78 is 45.2. The third kappa shape index (κ3) is 5.15. The average molecular weight is 422 g/mol. The highest BCUT2D eigenvalue weighted by molar-refractivity contribution is 5.74. The fourth-order valence-electron chi connectivity index (χ4n) is 4.93. The first-order valence-electron chi connectivity index (χ1n) is 10.2. The number of benzene rings is 1. The lowest BCUT2D eigenvalue weighted by Crippen LogP contribution is -2.32. The van der Waals surface area contributed by atoms with Crippen LogP contribution in [0.15, 0.2) is 42.0 Å². The zero-order valence-electron chi connectivity index (χ0n) is 17.8. The van der Waals surface area contributed by atoms with E-state index in [1.807, 2.05) is 6.08 Å². The van der Waals surface area contributed by atoms with Gasteiger partial charge in [-0.05, 0) is 58.6 Å². The number of hydrogen-bond acceptors (Lipinski definition) is 3. The molecule has 0 amide bonds. The summed E-state index contributed by atoms with van der Waals surface area (Å²) >= 11 is 0. The topological polar surface area (TPSA) is 46.5 Å². The quantitative estimate of drug-likeness (QED) is 0.615. The number of carbonyl (C=O) groups is 1. The number of alkyl halides is 3. The zero-order valence-corrected chi connectivity index (χ0v) is 17.8. The fraction of sp³-hybridized carbons (Fsp3) is 0.542. The van der Waals surface area contributed by atoms with Crippen LogP contribution in [0.1, 0.15) is 64.5 Å². The molecule has 1 aromatic carbocycles. The van der Waals surface area contributed by atoms with E-state index >= 15 is 0 Å². The molecule has 3 nitrogen and oxygen atoms in total. The zero-order chi connectivity index (χ0) is 22.3. The van der Waals surface area contributed by atoms with Crippen LogP contribution in [0, 0.1) is 10.8 Å². The average Bonchev–Trinajstić information content (AvgIpc) is 2.57. The lowest BCUT2D eigenvalue weighted by Gasteiger charge is -2.43. The molecule has 1 N–H and O–H groups in total. The van der Waals surface area contributed by atoms with Gasteiger partial charge in [-0.2, -0.15) is 13.2 Å². The second-order valence-corrected chi connectivity index (χ2v) is 9.85. The first kappa shape index (κ1) is 22.6. The Morgan fingerprint density at radius 1 is 1.20 bits per heavy atom. The molecule has 30 heavy (non-hydrogen) atoms. The number of rotatable bonds is 3. The number of aliphatic hydroxyl groups is 1. The first-order valence-corrected chi connectivity index (χ1v) is 10.2. The van der Waals surface area contributed by atoms with Gasteiger partial charge in [-0.3, -0.25) is 4.79 Å². The number of aliphatic hydroxyl groups excluding tert-OH is 1. The van der Waals surface area contributed by atoms with E-state index in [1.54, 1.807) is 12.1 Å². The lowest BCUT2D eigenvalue weighted by atomic mass is 9.61. The van der Waals surface area contributed by atoms with Crippen molar-refractivity contribution in [1.29, 1.82) is 0 Å². The number of allylic oxidation sites excluding steroid dienone is 3. The minimum absolute atomic E-state index is 0.0117. The Balaban J connectivity index is 2.07. The van der Waals surface area contributed by atoms with Gasteiger partial charge in [-0.1, -0.05) is 45.9 Å². The third-order valence-corrected chi connectivity index (χ3v) is 5.84. The molecule has 0 saturated carbocycles. The highest BCUT2D eigenvalue weighted by Gasteiger charge is 2.39. The van der Waals surface area contributed by atoms with E-state index in [1.165, 1.54) is 12.1 Å². The summed E-state index contributed by atoms with van der Waals surface area (Å²) in [5.41, 5.74) is 1.36. The van der Waals surface area contributed by atoms with Crippen LogP contribution in [0.3, 0.4) is 0 Å². The summed E-state index contributed by atoms with van der Waals surface area (Å²) in [6, 6.07) is 5.47. The van der Waals surface area contributed by atoms with Crippen molar-refractivity contribution in [3.63, 3.8) is 0 Å². The van der Waals surface area contributed by atoms with Crippen molar-refractivity contribution in [2.45, 2.75) is 71.8 Å². The second kappa shape index (κ2) is 7.88. The smallest absolute Gasteiger partial charge is 0.416 e. The van der Waals surface area contributed by atoms with Crippen LogP contribution in [0.2, 0.25) is 0 Å². The number of cyclic esters (lactones) is 1. The van der Waals surface area contributed by atoms with Gasteiger partial charge in [0.25, 0.3) is 0 Å². The normalized spacial score (nSPS) is 26.7. The van der Waals surface area contributed by atoms with E-state index in [9.17, 15) is 23.1 Å². The minimum atomic E-state index is -4.40. The number of hydrogen-bond donors (Lipinski definition) is 1. The van der Waals surface area contributed by atoms with Gasteiger partial charge in [-0.25, -0.2) is 0 Å². The molecule has 0 unspecified atom stereocenters. The van der Waals surface area contributed by atoms with Gasteiger partial charge in [0.05, 0.1) is 18.1 Å². The molecule has 0 radical (unpaired) electrons. The fourth-order valence-corrected chi connectivity index (χ4v) is 4.93. The van der Waals surface area contributed by atoms with Crippen LogP contribution in [0.25, 0.3) is 5.57 Å². The van der Waals surface area contributed by atoms with E-state index in [2.05, 4.69) is 27.7 Å². The maximum Gasteiger partial charge on any atom is 0.416 e. The van der Waals surface area contributed by atoms with E-state index in [0.29, 0.717) is 18.4 Å². The van der Waals surface area contributed by atoms with Gasteiger partial charge in [0.1, 0.15) is 6.10 Å². The molecule has 6 heteroatoms. The molecular weight excluding hydrogens is 393 g/mol. The van der Waals surface area contributed by atoms with Gasteiger partial charge >= 0.3 is 12.1 Å². The van der Waals surface area contributed by atoms with Gasteiger partial charge < -0.3 is 9.84 Å². The Morgan fingerprint density at radius 2 is 1.90 bits per heavy atom. The summed E-state index contributed by atoms with van der Waals surface area (Å²) in [5.74, 6) is -0.445. The van der Waals surface area contributed by atoms with Crippen LogP contribution < -0.4 is 0 Å². The third-order valence-electron chi connectivity index (χ3n) is 5.84. The van der Waals surface area contributed by atoms with Gasteiger partial charge in [0.2, 0.25) is 0 Å². The summed E-state index contributed by atoms with van der Waals surface area (Å²) in [6.45, 7) is 8.43. The van der Waals surface area contributed by atoms with Crippen LogP contribution in [0.5, 0.6) is 0 Å². The molecule has 1 aromatic rings. The van der Waals surface area contributed by atoms with Crippen LogP contribution in [0.4, 0.5) is 13.2 Å². The molecule has 0 aromatic heterocycles. The van der Waals surface area contributed by atoms with Crippen LogP contribution >= 0.6 is 0 Å². The van der Waals surface area contributed by atoms with Gasteiger partial charge in [0.15, 0.2) is 0 Å². The standard InChI is InChI=1S/C24H29F3O3/c1-22(2)13-19(15-6-5-7-16(10-15)24(25,26)27)20(23(3,4)14-22)9-8-18-11-17(28)12-21(29)30-18/h5-10,17-18,28H,11-14H2,1-4H3/t17-,18-/m0/s1. The van der Waals surface area contributed by atoms with E-state index in [0.717, 1.165) is 23.6 Å². The van der Waals surface area contributed by atoms with Crippen molar-refractivity contribution in [2.75, 3.05) is 0 Å². The summed E-state index contributed by atoms with van der Waals surface area (Å²) in [6.07, 6.45) is -0.233. The Bertz CT molecular complexity index is 878. The number of halogens is 3. The van der Waals surface area contributed by atoms with Crippen molar-refractivity contribution in [3.05, 3.63) is 53.1 Å². The van der Waals surface area contributed by atoms with Crippen molar-refractivity contribution >= 4 is 11.5 Å². The first-order chi connectivity index (χ1) is 13.8. The van der Waals surface area contributed by atoms with Crippen molar-refractivity contribution in [2.24, 2.45) is 10.8 Å². The van der Waals surface area contributed by atoms with Crippen molar-refractivity contribution in [1.82, 2.24) is 0 Å². The molecule has 1 fully saturated rings. The summed E-state index contributed by atoms with van der Waals surface area (Å²) in [5, 5.41) is 9.84. The maximum absolute atomic E-state index is 13.3. The van der Waals surface area contributed by atoms with E-state index in [-0.39, 0.29) is 17.3 Å². The SMILES string of the molecule is CC1(C)CC(c2cccc(C(F)(F)F)c2)=C(C=C[C@H]2C[C@H](O)CC(=O)O2)C(C)(C)C1. The number of carbonyl (C=O) groups excluding carboxylic acids is 1. The second-order valence-electron chi connectivity index (χ2n) is 9.85. The van der Waals surface area contributed by atoms with Crippen molar-refractivity contribution < 1.29 is 27.8 Å². The Kier molecular flexibility index (Phi) is 5.93. The predicted molar refractivity (Wildman–Crippen MR) is 109 cm³/mol. The number of ether oxygens (including phenoxy) is 1. The molecule has 2 aliphatic rings. The van der Waals surface area contributed by atoms with E-state index < -0.39 is 29.9 Å². The predicted octanol–water partition coefficient (Wildman–Crippen LogP) is 5.93. The molecule has 1 aliphatic heterocycles. The Morgan fingerprint density at radius 3 is 2.53 bits per heavy atom. The summed E-state index contributed by atoms with van der Waals surface area (Å²) in [7, 11) is 0. The van der Waals surface area contributed by atoms with Gasteiger partial charge in [-0.15, -0.1) is 0 Å². The molecule has 0 spiro atoms. The minimum Gasteiger partial charge on any atom is -0.458 e. The Labute approximate surface area is 175 Å². The molecule has 1 heterocycles. The molecular formula is C24H29F3O3. The lowest BCUT2D eigenvalue weighted by molar-refractivity contribution is -0.156. The molecule has 1 aliphatic carbocycles. The highest BCUT2D eigenvalue weighted by atomic mass is 19.4. The van der Waals surface area contributed by atoms with Crippen molar-refractivity contribution in [3.8, 4) is 0 Å². The number of esters is 1. The maximum atomic E-state index is 13.3. The monoisotopic (exact) mass is 422 g/mol. The molecule has 1 saturated heterocycles. The highest BCUT2D eigenvalue weighted by Crippen LogP contribution is 2.52. The Hall–Kier alpha value is -2.08. The molecule has 3 rings (SSSR count). The van der Waals surface area contributed by atoms with Gasteiger partial charge in [0, 0.05) is 6.42 Å². The molecule has 2 atom stereocenters. The molecule has 164 valence electrons. The van der Waals surface area contributed by atoms with E-state index in [4.69, 9.17) is 4.74 Å². The van der Waals surface area contributed by atoms with Crippen LogP contribution in [-0.2, 0) is 15.7 Å². The molecule has 0 bridgehead atoms. The largest absolute Gasteiger partial charge is 0.458 e. The summed E-state index contributed by atoms with van der Waals surface area (Å²) in [4.78, 5) is 11.6.